The van der Waals surface area contributed by atoms with Crippen molar-refractivity contribution in [2.45, 2.75) is 39.8 Å². The van der Waals surface area contributed by atoms with E-state index >= 15 is 0 Å². The molecule has 0 saturated carbocycles. The first-order chi connectivity index (χ1) is 11.5. The molecule has 2 aromatic carbocycles. The smallest absolute Gasteiger partial charge is 0.245 e. The number of anilines is 1. The molecule has 0 saturated heterocycles. The third kappa shape index (κ3) is 3.16. The van der Waals surface area contributed by atoms with E-state index in [1.165, 1.54) is 27.9 Å². The molecule has 1 amide bonds. The third-order valence-corrected chi connectivity index (χ3v) is 5.03. The average Bonchev–Trinajstić information content (AvgIpc) is 3.00. The van der Waals surface area contributed by atoms with Gasteiger partial charge in [-0.1, -0.05) is 42.0 Å². The predicted octanol–water partition coefficient (Wildman–Crippen LogP) is 3.71. The van der Waals surface area contributed by atoms with Gasteiger partial charge in [-0.2, -0.15) is 0 Å². The molecule has 1 aliphatic rings. The van der Waals surface area contributed by atoms with Crippen LogP contribution in [0.15, 0.2) is 42.5 Å². The second-order valence-corrected chi connectivity index (χ2v) is 6.87. The molecule has 1 atom stereocenters. The van der Waals surface area contributed by atoms with E-state index in [1.807, 2.05) is 24.9 Å². The molecule has 0 fully saturated rings. The highest BCUT2D eigenvalue weighted by Crippen LogP contribution is 2.29. The number of hydrogen-bond donors (Lipinski definition) is 0. The largest absolute Gasteiger partial charge is 0.359 e. The van der Waals surface area contributed by atoms with Crippen LogP contribution in [0.2, 0.25) is 0 Å². The molecule has 2 aromatic rings. The molecule has 0 aromatic heterocycles. The molecule has 0 unspecified atom stereocenters. The average molecular weight is 322 g/mol. The minimum Gasteiger partial charge on any atom is -0.359 e. The van der Waals surface area contributed by atoms with Crippen molar-refractivity contribution < 1.29 is 4.79 Å². The molecule has 0 N–H and O–H groups in total. The fourth-order valence-corrected chi connectivity index (χ4v) is 3.57. The number of amides is 1. The number of likely N-dealkylation sites (N-methyl/N-ethyl adjacent to an activating group) is 1. The summed E-state index contributed by atoms with van der Waals surface area (Å²) in [6.45, 7) is 7.80. The summed E-state index contributed by atoms with van der Waals surface area (Å²) < 4.78 is 0. The molecular formula is C21H26N2O. The lowest BCUT2D eigenvalue weighted by Gasteiger charge is -2.30. The van der Waals surface area contributed by atoms with Crippen LogP contribution >= 0.6 is 0 Å². The zero-order chi connectivity index (χ0) is 17.3. The standard InChI is InChI=1S/C21H26N2O/c1-15-9-10-19(16(2)13-15)14-22(4)21(24)17(3)23-12-11-18-7-5-6-8-20(18)23/h5-10,13,17H,11-12,14H2,1-4H3/t17-/m1/s1. The fourth-order valence-electron chi connectivity index (χ4n) is 3.57. The summed E-state index contributed by atoms with van der Waals surface area (Å²) in [6, 6.07) is 14.7. The van der Waals surface area contributed by atoms with Gasteiger partial charge in [0.1, 0.15) is 6.04 Å². The monoisotopic (exact) mass is 322 g/mol. The van der Waals surface area contributed by atoms with Gasteiger partial charge in [-0.15, -0.1) is 0 Å². The van der Waals surface area contributed by atoms with Crippen LogP contribution < -0.4 is 4.90 Å². The van der Waals surface area contributed by atoms with E-state index < -0.39 is 0 Å². The normalized spacial score (nSPS) is 14.4. The van der Waals surface area contributed by atoms with E-state index in [0.29, 0.717) is 6.54 Å². The molecule has 0 spiro atoms. The molecule has 0 aliphatic carbocycles. The molecule has 0 radical (unpaired) electrons. The van der Waals surface area contributed by atoms with Gasteiger partial charge >= 0.3 is 0 Å². The third-order valence-electron chi connectivity index (χ3n) is 5.03. The maximum atomic E-state index is 12.9. The lowest BCUT2D eigenvalue weighted by molar-refractivity contribution is -0.131. The summed E-state index contributed by atoms with van der Waals surface area (Å²) in [7, 11) is 1.90. The van der Waals surface area contributed by atoms with Crippen LogP contribution in [0.3, 0.4) is 0 Å². The second-order valence-electron chi connectivity index (χ2n) is 6.87. The van der Waals surface area contributed by atoms with Gasteiger partial charge in [0.15, 0.2) is 0 Å². The van der Waals surface area contributed by atoms with E-state index in [4.69, 9.17) is 0 Å². The molecule has 126 valence electrons. The highest BCUT2D eigenvalue weighted by atomic mass is 16.2. The van der Waals surface area contributed by atoms with Crippen molar-refractivity contribution >= 4 is 11.6 Å². The summed E-state index contributed by atoms with van der Waals surface area (Å²) in [5.41, 5.74) is 6.26. The summed E-state index contributed by atoms with van der Waals surface area (Å²) in [4.78, 5) is 17.0. The molecule has 3 heteroatoms. The molecule has 1 aliphatic heterocycles. The summed E-state index contributed by atoms with van der Waals surface area (Å²) in [6.07, 6.45) is 1.02. The Morgan fingerprint density at radius 2 is 1.96 bits per heavy atom. The van der Waals surface area contributed by atoms with Gasteiger partial charge in [0.05, 0.1) is 0 Å². The summed E-state index contributed by atoms with van der Waals surface area (Å²) in [5, 5.41) is 0. The van der Waals surface area contributed by atoms with Crippen LogP contribution in [-0.2, 0) is 17.8 Å². The zero-order valence-corrected chi connectivity index (χ0v) is 15.0. The molecule has 0 bridgehead atoms. The first-order valence-electron chi connectivity index (χ1n) is 8.63. The first-order valence-corrected chi connectivity index (χ1v) is 8.63. The minimum absolute atomic E-state index is 0.135. The highest BCUT2D eigenvalue weighted by Gasteiger charge is 2.29. The lowest BCUT2D eigenvalue weighted by atomic mass is 10.1. The number of para-hydroxylation sites is 1. The molecule has 3 rings (SSSR count). The Morgan fingerprint density at radius 1 is 1.21 bits per heavy atom. The van der Waals surface area contributed by atoms with E-state index in [1.54, 1.807) is 0 Å². The predicted molar refractivity (Wildman–Crippen MR) is 99.3 cm³/mol. The Kier molecular flexibility index (Phi) is 4.61. The van der Waals surface area contributed by atoms with E-state index in [9.17, 15) is 4.79 Å². The Hall–Kier alpha value is -2.29. The molecule has 1 heterocycles. The maximum Gasteiger partial charge on any atom is 0.245 e. The lowest BCUT2D eigenvalue weighted by Crippen LogP contribution is -2.45. The topological polar surface area (TPSA) is 23.6 Å². The van der Waals surface area contributed by atoms with Crippen molar-refractivity contribution in [2.24, 2.45) is 0 Å². The fraction of sp³-hybridized carbons (Fsp3) is 0.381. The Bertz CT molecular complexity index is 753. The van der Waals surface area contributed by atoms with Crippen LogP contribution in [0.25, 0.3) is 0 Å². The van der Waals surface area contributed by atoms with Gasteiger partial charge in [-0.25, -0.2) is 0 Å². The molecular weight excluding hydrogens is 296 g/mol. The highest BCUT2D eigenvalue weighted by molar-refractivity contribution is 5.85. The van der Waals surface area contributed by atoms with Crippen molar-refractivity contribution in [3.63, 3.8) is 0 Å². The number of aryl methyl sites for hydroxylation is 2. The van der Waals surface area contributed by atoms with Gasteiger partial charge < -0.3 is 9.80 Å². The van der Waals surface area contributed by atoms with Crippen molar-refractivity contribution in [3.8, 4) is 0 Å². The van der Waals surface area contributed by atoms with Gasteiger partial charge in [-0.05, 0) is 49.9 Å². The van der Waals surface area contributed by atoms with Crippen LogP contribution in [0, 0.1) is 13.8 Å². The number of nitrogens with zero attached hydrogens (tertiary/aromatic N) is 2. The Balaban J connectivity index is 1.72. The van der Waals surface area contributed by atoms with E-state index in [2.05, 4.69) is 55.1 Å². The number of rotatable bonds is 4. The van der Waals surface area contributed by atoms with E-state index in [0.717, 1.165) is 13.0 Å². The van der Waals surface area contributed by atoms with E-state index in [-0.39, 0.29) is 11.9 Å². The SMILES string of the molecule is Cc1ccc(CN(C)C(=O)[C@@H](C)N2CCc3ccccc32)c(C)c1. The number of benzene rings is 2. The Morgan fingerprint density at radius 3 is 2.71 bits per heavy atom. The van der Waals surface area contributed by atoms with Crippen LogP contribution in [-0.4, -0.2) is 30.4 Å². The number of fused-ring (bicyclic) bond motifs is 1. The second kappa shape index (κ2) is 6.68. The van der Waals surface area contributed by atoms with Crippen LogP contribution in [0.1, 0.15) is 29.2 Å². The number of carbonyl (C=O) groups excluding carboxylic acids is 1. The van der Waals surface area contributed by atoms with Crippen LogP contribution in [0.5, 0.6) is 0 Å². The zero-order valence-electron chi connectivity index (χ0n) is 15.0. The summed E-state index contributed by atoms with van der Waals surface area (Å²) >= 11 is 0. The molecule has 3 nitrogen and oxygen atoms in total. The van der Waals surface area contributed by atoms with Crippen molar-refractivity contribution in [1.82, 2.24) is 4.90 Å². The summed E-state index contributed by atoms with van der Waals surface area (Å²) in [5.74, 6) is 0.173. The Labute approximate surface area is 144 Å². The number of hydrogen-bond acceptors (Lipinski definition) is 2. The molecule has 24 heavy (non-hydrogen) atoms. The van der Waals surface area contributed by atoms with Gasteiger partial charge in [0.2, 0.25) is 5.91 Å². The van der Waals surface area contributed by atoms with Crippen LogP contribution in [0.4, 0.5) is 5.69 Å². The van der Waals surface area contributed by atoms with Gasteiger partial charge in [0, 0.05) is 25.8 Å². The number of carbonyl (C=O) groups is 1. The first kappa shape index (κ1) is 16.6. The van der Waals surface area contributed by atoms with Crippen molar-refractivity contribution in [2.75, 3.05) is 18.5 Å². The van der Waals surface area contributed by atoms with Crippen molar-refractivity contribution in [1.29, 1.82) is 0 Å². The quantitative estimate of drug-likeness (QED) is 0.856. The van der Waals surface area contributed by atoms with Gasteiger partial charge in [0.25, 0.3) is 0 Å². The maximum absolute atomic E-state index is 12.9. The van der Waals surface area contributed by atoms with Crippen molar-refractivity contribution in [3.05, 3.63) is 64.7 Å². The minimum atomic E-state index is -0.135. The van der Waals surface area contributed by atoms with Gasteiger partial charge in [-0.3, -0.25) is 4.79 Å².